The van der Waals surface area contributed by atoms with Gasteiger partial charge in [-0.1, -0.05) is 13.8 Å². The van der Waals surface area contributed by atoms with Crippen LogP contribution in [0, 0.1) is 5.92 Å². The van der Waals surface area contributed by atoms with Gasteiger partial charge in [0.1, 0.15) is 0 Å². The lowest BCUT2D eigenvalue weighted by molar-refractivity contribution is -0.149. The summed E-state index contributed by atoms with van der Waals surface area (Å²) >= 11 is 1.74. The van der Waals surface area contributed by atoms with E-state index in [-0.39, 0.29) is 11.9 Å². The number of nitrogens with one attached hydrogen (secondary N) is 1. The van der Waals surface area contributed by atoms with E-state index in [1.54, 1.807) is 11.3 Å². The summed E-state index contributed by atoms with van der Waals surface area (Å²) in [5, 5.41) is 7.94. The number of piperidine rings is 1. The zero-order valence-corrected chi connectivity index (χ0v) is 17.9. The van der Waals surface area contributed by atoms with Gasteiger partial charge in [0, 0.05) is 26.7 Å². The Morgan fingerprint density at radius 3 is 2.59 bits per heavy atom. The Morgan fingerprint density at radius 1 is 1.37 bits per heavy atom. The molecular weight excluding hydrogens is 360 g/mol. The van der Waals surface area contributed by atoms with Crippen LogP contribution in [0.15, 0.2) is 21.8 Å². The minimum atomic E-state index is -0.0563. The molecule has 2 heterocycles. The molecule has 0 bridgehead atoms. The first-order valence-electron chi connectivity index (χ1n) is 10.0. The zero-order valence-electron chi connectivity index (χ0n) is 17.1. The second-order valence-corrected chi connectivity index (χ2v) is 7.52. The first-order valence-corrected chi connectivity index (χ1v) is 11.0. The molecule has 1 aliphatic heterocycles. The molecule has 0 aromatic carbocycles. The molecule has 152 valence electrons. The second-order valence-electron chi connectivity index (χ2n) is 6.74. The van der Waals surface area contributed by atoms with E-state index in [4.69, 9.17) is 4.74 Å². The van der Waals surface area contributed by atoms with Gasteiger partial charge >= 0.3 is 5.97 Å². The summed E-state index contributed by atoms with van der Waals surface area (Å²) in [6.07, 6.45) is 1.65. The Hall–Kier alpha value is -1.60. The molecule has 1 atom stereocenters. The molecule has 0 radical (unpaired) electrons. The van der Waals surface area contributed by atoms with Crippen LogP contribution < -0.4 is 5.32 Å². The van der Waals surface area contributed by atoms with Crippen LogP contribution in [0.5, 0.6) is 0 Å². The lowest BCUT2D eigenvalue weighted by Gasteiger charge is -2.35. The van der Waals surface area contributed by atoms with Crippen molar-refractivity contribution in [3.63, 3.8) is 0 Å². The third-order valence-corrected chi connectivity index (χ3v) is 5.96. The number of rotatable bonds is 8. The average molecular weight is 395 g/mol. The van der Waals surface area contributed by atoms with E-state index in [1.165, 1.54) is 5.56 Å². The molecule has 0 aliphatic carbocycles. The van der Waals surface area contributed by atoms with E-state index in [0.29, 0.717) is 12.6 Å². The summed E-state index contributed by atoms with van der Waals surface area (Å²) in [5.41, 5.74) is 1.35. The Morgan fingerprint density at radius 2 is 2.07 bits per heavy atom. The summed E-state index contributed by atoms with van der Waals surface area (Å²) in [5.74, 6) is 0.886. The molecule has 1 N–H and O–H groups in total. The van der Waals surface area contributed by atoms with Crippen molar-refractivity contribution in [1.82, 2.24) is 15.1 Å². The molecule has 2 rings (SSSR count). The highest BCUT2D eigenvalue weighted by Crippen LogP contribution is 2.23. The number of likely N-dealkylation sites (tertiary alicyclic amines) is 1. The van der Waals surface area contributed by atoms with Crippen molar-refractivity contribution >= 4 is 23.3 Å². The number of aliphatic imine (C=N–C) groups is 1. The first kappa shape index (κ1) is 21.7. The third kappa shape index (κ3) is 5.94. The summed E-state index contributed by atoms with van der Waals surface area (Å²) in [7, 11) is 1.83. The molecule has 1 aromatic rings. The molecule has 1 aromatic heterocycles. The number of ether oxygens (including phenoxy) is 1. The maximum Gasteiger partial charge on any atom is 0.309 e. The summed E-state index contributed by atoms with van der Waals surface area (Å²) < 4.78 is 5.17. The highest BCUT2D eigenvalue weighted by atomic mass is 32.1. The molecular formula is C20H34N4O2S. The molecule has 7 heteroatoms. The van der Waals surface area contributed by atoms with Gasteiger partial charge in [0.05, 0.1) is 18.6 Å². The van der Waals surface area contributed by atoms with Crippen LogP contribution >= 0.6 is 11.3 Å². The number of esters is 1. The van der Waals surface area contributed by atoms with Gasteiger partial charge in [0.15, 0.2) is 5.96 Å². The van der Waals surface area contributed by atoms with Gasteiger partial charge in [0.25, 0.3) is 0 Å². The van der Waals surface area contributed by atoms with Crippen LogP contribution in [0.2, 0.25) is 0 Å². The maximum atomic E-state index is 11.9. The molecule has 27 heavy (non-hydrogen) atoms. The van der Waals surface area contributed by atoms with Crippen molar-refractivity contribution in [3.8, 4) is 0 Å². The van der Waals surface area contributed by atoms with Crippen LogP contribution in [0.1, 0.15) is 45.2 Å². The SMILES string of the molecule is CCOC(=O)C1CCN(C(=NC)NCC(c2ccsc2)N(CC)CC)CC1. The largest absolute Gasteiger partial charge is 0.466 e. The summed E-state index contributed by atoms with van der Waals surface area (Å²) in [6, 6.07) is 2.54. The van der Waals surface area contributed by atoms with Gasteiger partial charge in [0.2, 0.25) is 0 Å². The highest BCUT2D eigenvalue weighted by molar-refractivity contribution is 7.07. The van der Waals surface area contributed by atoms with E-state index in [2.05, 4.69) is 50.8 Å². The molecule has 0 spiro atoms. The Bertz CT molecular complexity index is 579. The normalized spacial score (nSPS) is 17.2. The average Bonchev–Trinajstić information content (AvgIpc) is 3.23. The van der Waals surface area contributed by atoms with Gasteiger partial charge < -0.3 is 15.0 Å². The van der Waals surface area contributed by atoms with Crippen LogP contribution in [0.3, 0.4) is 0 Å². The van der Waals surface area contributed by atoms with Gasteiger partial charge in [-0.2, -0.15) is 11.3 Å². The Labute approximate surface area is 167 Å². The van der Waals surface area contributed by atoms with Crippen molar-refractivity contribution in [1.29, 1.82) is 0 Å². The lowest BCUT2D eigenvalue weighted by atomic mass is 9.97. The second kappa shape index (κ2) is 11.3. The summed E-state index contributed by atoms with van der Waals surface area (Å²) in [6.45, 7) is 11.2. The Kier molecular flexibility index (Phi) is 9.07. The van der Waals surface area contributed by atoms with Crippen molar-refractivity contribution < 1.29 is 9.53 Å². The molecule has 1 unspecified atom stereocenters. The number of nitrogens with zero attached hydrogens (tertiary/aromatic N) is 3. The predicted molar refractivity (Wildman–Crippen MR) is 112 cm³/mol. The first-order chi connectivity index (χ1) is 13.1. The van der Waals surface area contributed by atoms with Crippen LogP contribution in [-0.2, 0) is 9.53 Å². The van der Waals surface area contributed by atoms with Crippen molar-refractivity contribution in [2.75, 3.05) is 46.4 Å². The van der Waals surface area contributed by atoms with E-state index < -0.39 is 0 Å². The fraction of sp³-hybridized carbons (Fsp3) is 0.700. The number of hydrogen-bond acceptors (Lipinski definition) is 5. The smallest absolute Gasteiger partial charge is 0.309 e. The van der Waals surface area contributed by atoms with E-state index in [9.17, 15) is 4.79 Å². The topological polar surface area (TPSA) is 57.2 Å². The molecule has 1 fully saturated rings. The number of carbonyl (C=O) groups excluding carboxylic acids is 1. The molecule has 6 nitrogen and oxygen atoms in total. The minimum Gasteiger partial charge on any atom is -0.466 e. The van der Waals surface area contributed by atoms with Crippen LogP contribution in [0.25, 0.3) is 0 Å². The van der Waals surface area contributed by atoms with Gasteiger partial charge in [-0.25, -0.2) is 0 Å². The molecule has 1 aliphatic rings. The maximum absolute atomic E-state index is 11.9. The van der Waals surface area contributed by atoms with Gasteiger partial charge in [-0.15, -0.1) is 0 Å². The zero-order chi connectivity index (χ0) is 19.6. The highest BCUT2D eigenvalue weighted by Gasteiger charge is 2.28. The van der Waals surface area contributed by atoms with E-state index in [1.807, 2.05) is 14.0 Å². The van der Waals surface area contributed by atoms with Gasteiger partial charge in [-0.3, -0.25) is 14.7 Å². The molecule has 0 amide bonds. The lowest BCUT2D eigenvalue weighted by Crippen LogP contribution is -2.48. The molecule has 0 saturated carbocycles. The number of likely N-dealkylation sites (N-methyl/N-ethyl adjacent to an activating group) is 1. The fourth-order valence-electron chi connectivity index (χ4n) is 3.69. The molecule has 1 saturated heterocycles. The van der Waals surface area contributed by atoms with E-state index >= 15 is 0 Å². The van der Waals surface area contributed by atoms with Crippen molar-refractivity contribution in [3.05, 3.63) is 22.4 Å². The third-order valence-electron chi connectivity index (χ3n) is 5.26. The van der Waals surface area contributed by atoms with Crippen molar-refractivity contribution in [2.24, 2.45) is 10.9 Å². The minimum absolute atomic E-state index is 0.0218. The van der Waals surface area contributed by atoms with Gasteiger partial charge in [-0.05, 0) is 55.2 Å². The standard InChI is InChI=1S/C20H34N4O2S/c1-5-23(6-2)18(17-10-13-27-15-17)14-22-20(21-4)24-11-8-16(9-12-24)19(25)26-7-3/h10,13,15-16,18H,5-9,11-12,14H2,1-4H3,(H,21,22). The van der Waals surface area contributed by atoms with Crippen molar-refractivity contribution in [2.45, 2.75) is 39.7 Å². The van der Waals surface area contributed by atoms with E-state index in [0.717, 1.165) is 51.5 Å². The quantitative estimate of drug-likeness (QED) is 0.417. The monoisotopic (exact) mass is 394 g/mol. The number of hydrogen-bond donors (Lipinski definition) is 1. The summed E-state index contributed by atoms with van der Waals surface area (Å²) in [4.78, 5) is 21.1. The Balaban J connectivity index is 1.93. The fourth-order valence-corrected chi connectivity index (χ4v) is 4.40. The van der Waals surface area contributed by atoms with Crippen LogP contribution in [-0.4, -0.2) is 68.1 Å². The number of guanidine groups is 1. The number of carbonyl (C=O) groups is 1. The number of thiophene rings is 1. The predicted octanol–water partition coefficient (Wildman–Crippen LogP) is 2.98. The van der Waals surface area contributed by atoms with Crippen LogP contribution in [0.4, 0.5) is 0 Å².